The van der Waals surface area contributed by atoms with Gasteiger partial charge in [-0.15, -0.1) is 0 Å². The summed E-state index contributed by atoms with van der Waals surface area (Å²) in [5, 5.41) is 0. The summed E-state index contributed by atoms with van der Waals surface area (Å²) < 4.78 is 89.3. The summed E-state index contributed by atoms with van der Waals surface area (Å²) in [6, 6.07) is 0. The van der Waals surface area contributed by atoms with Crippen LogP contribution in [0.15, 0.2) is 0 Å². The van der Waals surface area contributed by atoms with E-state index in [2.05, 4.69) is 32.0 Å². The van der Waals surface area contributed by atoms with Crippen LogP contribution in [0.4, 0.5) is 0 Å². The van der Waals surface area contributed by atoms with Crippen molar-refractivity contribution >= 4 is 31.3 Å². The zero-order chi connectivity index (χ0) is 36.7. The van der Waals surface area contributed by atoms with E-state index in [1.807, 2.05) is 0 Å². The molecule has 0 rings (SSSR count). The molecular formula is C32H68K2O13P4. The summed E-state index contributed by atoms with van der Waals surface area (Å²) in [7, 11) is -21.3. The Kier molecular flexibility index (Phi) is 44.1. The molecule has 19 heteroatoms. The van der Waals surface area contributed by atoms with Crippen molar-refractivity contribution < 1.29 is 162 Å². The minimum absolute atomic E-state index is 0. The maximum absolute atomic E-state index is 14.1. The van der Waals surface area contributed by atoms with E-state index in [1.54, 1.807) is 0 Å². The molecule has 0 amide bonds. The van der Waals surface area contributed by atoms with E-state index in [-0.39, 0.29) is 129 Å². The quantitative estimate of drug-likeness (QED) is 0.0420. The van der Waals surface area contributed by atoms with Crippen LogP contribution in [-0.4, -0.2) is 26.4 Å². The van der Waals surface area contributed by atoms with Gasteiger partial charge in [0, 0.05) is 0 Å². The standard InChI is InChI=1S/C32H70O13P4.2K/c1-5-9-13-17-21-25-29-39-47(36,40-30-26-22-18-14-10-6-2)44-49(38,42-32-28-24-20-16-12-8-4)45-48(37,43-46(33,34)35)41-31-27-23-19-15-11-7-3;;/h5-32H2,1-4H3,(H2,33,34,35);;/q;2*+1/p-2. The normalized spacial score (nSPS) is 14.4. The second-order valence-electron chi connectivity index (χ2n) is 12.4. The van der Waals surface area contributed by atoms with E-state index in [9.17, 15) is 28.0 Å². The van der Waals surface area contributed by atoms with Gasteiger partial charge in [-0.3, -0.25) is 22.4 Å². The number of phosphoric acid groups is 4. The van der Waals surface area contributed by atoms with Crippen LogP contribution in [-0.2, 0) is 49.3 Å². The van der Waals surface area contributed by atoms with E-state index in [4.69, 9.17) is 26.7 Å². The first-order valence-corrected chi connectivity index (χ1v) is 24.7. The van der Waals surface area contributed by atoms with Gasteiger partial charge in [-0.05, 0) is 25.7 Å². The fourth-order valence-electron chi connectivity index (χ4n) is 4.81. The zero-order valence-corrected chi connectivity index (χ0v) is 42.7. The molecule has 0 aliphatic carbocycles. The molecule has 0 fully saturated rings. The second-order valence-corrected chi connectivity index (χ2v) is 19.0. The molecule has 296 valence electrons. The molecule has 0 N–H and O–H groups in total. The third kappa shape index (κ3) is 37.8. The third-order valence-corrected chi connectivity index (χ3v) is 14.4. The van der Waals surface area contributed by atoms with Gasteiger partial charge >= 0.3 is 126 Å². The van der Waals surface area contributed by atoms with Crippen LogP contribution in [0.1, 0.15) is 182 Å². The Labute approximate surface area is 395 Å². The smallest absolute Gasteiger partial charge is 0.789 e. The fraction of sp³-hybridized carbons (Fsp3) is 1.00. The topological polar surface area (TPSA) is 179 Å². The number of unbranched alkanes of at least 4 members (excludes halogenated alkanes) is 20. The van der Waals surface area contributed by atoms with Crippen molar-refractivity contribution in [3.05, 3.63) is 0 Å². The van der Waals surface area contributed by atoms with Crippen molar-refractivity contribution in [1.29, 1.82) is 0 Å². The number of phosphoric ester groups is 1. The first-order chi connectivity index (χ1) is 23.4. The molecule has 51 heavy (non-hydrogen) atoms. The SMILES string of the molecule is CCCCCCCCOP(=O)(OCCCCCCCC)OP(=O)(OCCCCCCCC)OP(=O)(OCCCCCCCC)OP(=O)([O-])[O-].[K+].[K+]. The fourth-order valence-corrected chi connectivity index (χ4v) is 11.1. The van der Waals surface area contributed by atoms with Crippen LogP contribution in [0.3, 0.4) is 0 Å². The van der Waals surface area contributed by atoms with Gasteiger partial charge in [0.2, 0.25) is 0 Å². The van der Waals surface area contributed by atoms with Crippen LogP contribution >= 0.6 is 31.3 Å². The molecular weight excluding hydrogens is 794 g/mol. The molecule has 13 nitrogen and oxygen atoms in total. The number of hydrogen-bond acceptors (Lipinski definition) is 13. The van der Waals surface area contributed by atoms with E-state index < -0.39 is 31.3 Å². The molecule has 2 atom stereocenters. The number of rotatable bonds is 38. The van der Waals surface area contributed by atoms with Crippen molar-refractivity contribution in [2.75, 3.05) is 26.4 Å². The molecule has 0 aromatic rings. The number of hydrogen-bond donors (Lipinski definition) is 0. The van der Waals surface area contributed by atoms with Crippen molar-refractivity contribution in [2.24, 2.45) is 0 Å². The summed E-state index contributed by atoms with van der Waals surface area (Å²) >= 11 is 0. The van der Waals surface area contributed by atoms with Gasteiger partial charge in [0.05, 0.1) is 34.3 Å². The van der Waals surface area contributed by atoms with Gasteiger partial charge in [-0.2, -0.15) is 8.62 Å². The Bertz CT molecular complexity index is 954. The molecule has 0 spiro atoms. The summed E-state index contributed by atoms with van der Waals surface area (Å²) in [4.78, 5) is 23.2. The Morgan fingerprint density at radius 3 is 0.824 bits per heavy atom. The van der Waals surface area contributed by atoms with E-state index in [0.29, 0.717) is 38.5 Å². The molecule has 0 bridgehead atoms. The van der Waals surface area contributed by atoms with Crippen LogP contribution in [0, 0.1) is 0 Å². The van der Waals surface area contributed by atoms with Crippen molar-refractivity contribution in [2.45, 2.75) is 182 Å². The first kappa shape index (κ1) is 59.1. The second kappa shape index (κ2) is 38.1. The average Bonchev–Trinajstić information content (AvgIpc) is 3.02. The maximum Gasteiger partial charge on any atom is 1.00 e. The van der Waals surface area contributed by atoms with E-state index in [0.717, 1.165) is 116 Å². The molecule has 2 unspecified atom stereocenters. The van der Waals surface area contributed by atoms with Crippen molar-refractivity contribution in [3.8, 4) is 0 Å². The van der Waals surface area contributed by atoms with Gasteiger partial charge in [0.1, 0.15) is 0 Å². The molecule has 0 heterocycles. The largest absolute Gasteiger partial charge is 1.00 e. The summed E-state index contributed by atoms with van der Waals surface area (Å²) in [6.45, 7) is 7.70. The third-order valence-electron chi connectivity index (χ3n) is 7.59. The maximum atomic E-state index is 14.1. The molecule has 0 aromatic heterocycles. The summed E-state index contributed by atoms with van der Waals surface area (Å²) in [5.41, 5.74) is 0. The minimum Gasteiger partial charge on any atom is -0.789 e. The Hall–Kier alpha value is 3.83. The molecule has 0 aliphatic heterocycles. The molecule has 0 saturated carbocycles. The first-order valence-electron chi connectivity index (χ1n) is 18.9. The Balaban J connectivity index is -0.0000115. The van der Waals surface area contributed by atoms with E-state index in [1.165, 1.54) is 0 Å². The molecule has 0 radical (unpaired) electrons. The van der Waals surface area contributed by atoms with Crippen molar-refractivity contribution in [3.63, 3.8) is 0 Å². The van der Waals surface area contributed by atoms with Gasteiger partial charge in [-0.25, -0.2) is 13.7 Å². The van der Waals surface area contributed by atoms with Crippen LogP contribution in [0.25, 0.3) is 0 Å². The van der Waals surface area contributed by atoms with E-state index >= 15 is 0 Å². The van der Waals surface area contributed by atoms with Gasteiger partial charge in [-0.1, -0.05) is 156 Å². The van der Waals surface area contributed by atoms with Crippen LogP contribution in [0.5, 0.6) is 0 Å². The monoisotopic (exact) mass is 862 g/mol. The summed E-state index contributed by atoms with van der Waals surface area (Å²) in [6.07, 6.45) is 20.9. The predicted molar refractivity (Wildman–Crippen MR) is 191 cm³/mol. The average molecular weight is 863 g/mol. The minimum atomic E-state index is -5.99. The van der Waals surface area contributed by atoms with Gasteiger partial charge in [0.25, 0.3) is 0 Å². The predicted octanol–water partition coefficient (Wildman–Crippen LogP) is 5.71. The Morgan fingerprint density at radius 2 is 0.549 bits per heavy atom. The van der Waals surface area contributed by atoms with Crippen LogP contribution in [0.2, 0.25) is 0 Å². The summed E-state index contributed by atoms with van der Waals surface area (Å²) in [5.74, 6) is 0. The Morgan fingerprint density at radius 1 is 0.333 bits per heavy atom. The molecule has 0 saturated heterocycles. The van der Waals surface area contributed by atoms with Gasteiger partial charge < -0.3 is 14.4 Å². The molecule has 0 aliphatic rings. The van der Waals surface area contributed by atoms with Crippen molar-refractivity contribution in [1.82, 2.24) is 0 Å². The van der Waals surface area contributed by atoms with Gasteiger partial charge in [0.15, 0.2) is 0 Å². The zero-order valence-electron chi connectivity index (χ0n) is 32.9. The molecule has 0 aromatic carbocycles. The van der Waals surface area contributed by atoms with Crippen LogP contribution < -0.4 is 113 Å².